The minimum Gasteiger partial charge on any atom is -0.497 e. The van der Waals surface area contributed by atoms with Crippen molar-refractivity contribution in [2.75, 3.05) is 27.2 Å². The van der Waals surface area contributed by atoms with Crippen molar-refractivity contribution in [3.63, 3.8) is 0 Å². The standard InChI is InChI=1S/C13H23N3O3S/c1-11(12-5-7-13(19-3)8-6-12)15-20(17,18)16(2)10-4-9-14/h5-8,11,15H,4,9-10,14H2,1-3H3. The van der Waals surface area contributed by atoms with Gasteiger partial charge < -0.3 is 10.5 Å². The van der Waals surface area contributed by atoms with Crippen LogP contribution in [0.25, 0.3) is 0 Å². The Kier molecular flexibility index (Phi) is 6.41. The molecule has 0 saturated heterocycles. The Morgan fingerprint density at radius 1 is 1.35 bits per heavy atom. The highest BCUT2D eigenvalue weighted by molar-refractivity contribution is 7.87. The van der Waals surface area contributed by atoms with E-state index in [9.17, 15) is 8.42 Å². The van der Waals surface area contributed by atoms with Gasteiger partial charge in [0.15, 0.2) is 0 Å². The second-order valence-corrected chi connectivity index (χ2v) is 6.39. The summed E-state index contributed by atoms with van der Waals surface area (Å²) in [5, 5.41) is 0. The van der Waals surface area contributed by atoms with Gasteiger partial charge in [-0.05, 0) is 37.6 Å². The van der Waals surface area contributed by atoms with E-state index in [2.05, 4.69) is 4.72 Å². The van der Waals surface area contributed by atoms with Gasteiger partial charge in [-0.15, -0.1) is 0 Å². The van der Waals surface area contributed by atoms with Crippen molar-refractivity contribution in [2.45, 2.75) is 19.4 Å². The van der Waals surface area contributed by atoms with Crippen LogP contribution in [0.1, 0.15) is 24.9 Å². The molecule has 0 radical (unpaired) electrons. The molecule has 0 saturated carbocycles. The third-order valence-electron chi connectivity index (χ3n) is 3.03. The van der Waals surface area contributed by atoms with Gasteiger partial charge in [-0.1, -0.05) is 12.1 Å². The summed E-state index contributed by atoms with van der Waals surface area (Å²) >= 11 is 0. The zero-order valence-electron chi connectivity index (χ0n) is 12.2. The smallest absolute Gasteiger partial charge is 0.279 e. The average Bonchev–Trinajstić information content (AvgIpc) is 2.44. The topological polar surface area (TPSA) is 84.7 Å². The summed E-state index contributed by atoms with van der Waals surface area (Å²) in [6.07, 6.45) is 0.633. The molecule has 114 valence electrons. The Bertz CT molecular complexity index is 502. The van der Waals surface area contributed by atoms with E-state index < -0.39 is 10.2 Å². The Hall–Kier alpha value is -1.15. The van der Waals surface area contributed by atoms with Crippen molar-refractivity contribution in [1.29, 1.82) is 0 Å². The number of nitrogens with two attached hydrogens (primary N) is 1. The van der Waals surface area contributed by atoms with E-state index in [1.54, 1.807) is 33.2 Å². The molecule has 1 unspecified atom stereocenters. The third kappa shape index (κ3) is 4.75. The predicted octanol–water partition coefficient (Wildman–Crippen LogP) is 0.871. The van der Waals surface area contributed by atoms with Crippen LogP contribution in [0.5, 0.6) is 5.75 Å². The molecule has 0 aliphatic rings. The molecule has 1 rings (SSSR count). The summed E-state index contributed by atoms with van der Waals surface area (Å²) in [7, 11) is -0.368. The van der Waals surface area contributed by atoms with Gasteiger partial charge in [0.1, 0.15) is 5.75 Å². The lowest BCUT2D eigenvalue weighted by Crippen LogP contribution is -2.40. The van der Waals surface area contributed by atoms with Crippen molar-refractivity contribution in [2.24, 2.45) is 5.73 Å². The van der Waals surface area contributed by atoms with Crippen LogP contribution in [0.15, 0.2) is 24.3 Å². The van der Waals surface area contributed by atoms with Crippen LogP contribution in [0, 0.1) is 0 Å². The summed E-state index contributed by atoms with van der Waals surface area (Å²) in [6, 6.07) is 6.97. The SMILES string of the molecule is COc1ccc(C(C)NS(=O)(=O)N(C)CCCN)cc1. The average molecular weight is 301 g/mol. The molecule has 1 aromatic rings. The van der Waals surface area contributed by atoms with Gasteiger partial charge in [0.2, 0.25) is 0 Å². The van der Waals surface area contributed by atoms with Crippen molar-refractivity contribution in [3.8, 4) is 5.75 Å². The number of nitrogens with one attached hydrogen (secondary N) is 1. The van der Waals surface area contributed by atoms with Crippen LogP contribution in [0.4, 0.5) is 0 Å². The summed E-state index contributed by atoms with van der Waals surface area (Å²) < 4.78 is 33.2. The van der Waals surface area contributed by atoms with Crippen LogP contribution in [-0.4, -0.2) is 40.0 Å². The molecule has 1 aromatic carbocycles. The minimum absolute atomic E-state index is 0.314. The molecule has 0 heterocycles. The van der Waals surface area contributed by atoms with E-state index >= 15 is 0 Å². The Morgan fingerprint density at radius 2 is 1.95 bits per heavy atom. The summed E-state index contributed by atoms with van der Waals surface area (Å²) in [5.41, 5.74) is 6.26. The molecule has 0 aliphatic carbocycles. The van der Waals surface area contributed by atoms with Crippen molar-refractivity contribution in [3.05, 3.63) is 29.8 Å². The largest absolute Gasteiger partial charge is 0.497 e. The molecule has 6 nitrogen and oxygen atoms in total. The van der Waals surface area contributed by atoms with Crippen molar-refractivity contribution < 1.29 is 13.2 Å². The molecular formula is C13H23N3O3S. The minimum atomic E-state index is -3.50. The lowest BCUT2D eigenvalue weighted by molar-refractivity contribution is 0.414. The van der Waals surface area contributed by atoms with Gasteiger partial charge in [-0.3, -0.25) is 0 Å². The highest BCUT2D eigenvalue weighted by atomic mass is 32.2. The second kappa shape index (κ2) is 7.58. The van der Waals surface area contributed by atoms with E-state index in [0.717, 1.165) is 11.3 Å². The molecule has 0 amide bonds. The van der Waals surface area contributed by atoms with Crippen molar-refractivity contribution in [1.82, 2.24) is 9.03 Å². The van der Waals surface area contributed by atoms with Crippen LogP contribution in [0.3, 0.4) is 0 Å². The summed E-state index contributed by atoms with van der Waals surface area (Å²) in [5.74, 6) is 0.740. The first kappa shape index (κ1) is 16.9. The maximum atomic E-state index is 12.1. The molecule has 20 heavy (non-hydrogen) atoms. The van der Waals surface area contributed by atoms with Gasteiger partial charge in [-0.25, -0.2) is 0 Å². The van der Waals surface area contributed by atoms with E-state index in [0.29, 0.717) is 19.5 Å². The summed E-state index contributed by atoms with van der Waals surface area (Å²) in [4.78, 5) is 0. The molecule has 0 bridgehead atoms. The van der Waals surface area contributed by atoms with Crippen molar-refractivity contribution >= 4 is 10.2 Å². The monoisotopic (exact) mass is 301 g/mol. The van der Waals surface area contributed by atoms with Gasteiger partial charge in [0, 0.05) is 19.6 Å². The first-order chi connectivity index (χ1) is 9.40. The lowest BCUT2D eigenvalue weighted by atomic mass is 10.1. The fraction of sp³-hybridized carbons (Fsp3) is 0.538. The van der Waals surface area contributed by atoms with Crippen LogP contribution in [-0.2, 0) is 10.2 Å². The Labute approximate surface area is 121 Å². The van der Waals surface area contributed by atoms with E-state index in [1.165, 1.54) is 4.31 Å². The predicted molar refractivity (Wildman–Crippen MR) is 79.8 cm³/mol. The number of hydrogen-bond acceptors (Lipinski definition) is 4. The van der Waals surface area contributed by atoms with Crippen LogP contribution in [0.2, 0.25) is 0 Å². The molecular weight excluding hydrogens is 278 g/mol. The molecule has 0 spiro atoms. The quantitative estimate of drug-likeness (QED) is 0.746. The molecule has 0 aliphatic heterocycles. The third-order valence-corrected chi connectivity index (χ3v) is 4.68. The lowest BCUT2D eigenvalue weighted by Gasteiger charge is -2.21. The van der Waals surface area contributed by atoms with Gasteiger partial charge in [0.05, 0.1) is 7.11 Å². The zero-order chi connectivity index (χ0) is 15.2. The van der Waals surface area contributed by atoms with Gasteiger partial charge >= 0.3 is 0 Å². The van der Waals surface area contributed by atoms with Gasteiger partial charge in [-0.2, -0.15) is 17.4 Å². The highest BCUT2D eigenvalue weighted by Gasteiger charge is 2.20. The fourth-order valence-electron chi connectivity index (χ4n) is 1.71. The number of rotatable bonds is 8. The molecule has 0 aromatic heterocycles. The molecule has 1 atom stereocenters. The maximum Gasteiger partial charge on any atom is 0.279 e. The van der Waals surface area contributed by atoms with E-state index in [1.807, 2.05) is 12.1 Å². The van der Waals surface area contributed by atoms with E-state index in [-0.39, 0.29) is 6.04 Å². The highest BCUT2D eigenvalue weighted by Crippen LogP contribution is 2.18. The number of ether oxygens (including phenoxy) is 1. The number of nitrogens with zero attached hydrogens (tertiary/aromatic N) is 1. The summed E-state index contributed by atoms with van der Waals surface area (Å²) in [6.45, 7) is 2.67. The second-order valence-electron chi connectivity index (χ2n) is 4.58. The first-order valence-corrected chi connectivity index (χ1v) is 7.92. The van der Waals surface area contributed by atoms with Crippen LogP contribution >= 0.6 is 0 Å². The van der Waals surface area contributed by atoms with E-state index in [4.69, 9.17) is 10.5 Å². The Morgan fingerprint density at radius 3 is 2.45 bits per heavy atom. The maximum absolute atomic E-state index is 12.1. The normalized spacial score (nSPS) is 13.4. The number of methoxy groups -OCH3 is 1. The molecule has 3 N–H and O–H groups in total. The zero-order valence-corrected chi connectivity index (χ0v) is 13.0. The number of benzene rings is 1. The molecule has 7 heteroatoms. The van der Waals surface area contributed by atoms with Crippen LogP contribution < -0.4 is 15.2 Å². The first-order valence-electron chi connectivity index (χ1n) is 6.48. The molecule has 0 fully saturated rings. The fourth-order valence-corrected chi connectivity index (χ4v) is 2.84. The van der Waals surface area contributed by atoms with Gasteiger partial charge in [0.25, 0.3) is 10.2 Å². The Balaban J connectivity index is 2.70. The number of hydrogen-bond donors (Lipinski definition) is 2.